The number of hydrogen-bond acceptors (Lipinski definition) is 15. The van der Waals surface area contributed by atoms with Gasteiger partial charge in [-0.1, -0.05) is 18.2 Å². The molecule has 27 heteroatoms. The number of aliphatic hydroxyl groups is 2. The highest BCUT2D eigenvalue weighted by molar-refractivity contribution is 5.99. The Balaban J connectivity index is 1.83. The third kappa shape index (κ3) is 17.9. The van der Waals surface area contributed by atoms with Crippen molar-refractivity contribution in [3.63, 3.8) is 0 Å². The number of carbonyl (C=O) groups is 10. The van der Waals surface area contributed by atoms with Crippen LogP contribution in [-0.2, 0) is 60.8 Å². The molecular weight excluding hydrogens is 913 g/mol. The van der Waals surface area contributed by atoms with Crippen molar-refractivity contribution in [3.05, 3.63) is 54.2 Å². The number of aromatic nitrogens is 3. The van der Waals surface area contributed by atoms with E-state index < -0.39 is 146 Å². The molecule has 0 fully saturated rings. The average molecular weight is 973 g/mol. The Morgan fingerprint density at radius 2 is 1.22 bits per heavy atom. The van der Waals surface area contributed by atoms with Crippen LogP contribution in [0.1, 0.15) is 63.6 Å². The van der Waals surface area contributed by atoms with Crippen LogP contribution in [0.25, 0.3) is 10.9 Å². The third-order valence-corrected chi connectivity index (χ3v) is 10.5. The molecule has 3 rings (SSSR count). The minimum Gasteiger partial charge on any atom is -0.481 e. The first kappa shape index (κ1) is 55.8. The molecule has 7 amide bonds. The van der Waals surface area contributed by atoms with Crippen LogP contribution in [0.5, 0.6) is 0 Å². The lowest BCUT2D eigenvalue weighted by molar-refractivity contribution is -0.143. The van der Waals surface area contributed by atoms with Gasteiger partial charge in [0, 0.05) is 48.3 Å². The number of nitrogens with one attached hydrogen (secondary N) is 9. The Morgan fingerprint density at radius 3 is 1.80 bits per heavy atom. The zero-order valence-corrected chi connectivity index (χ0v) is 37.7. The first-order chi connectivity index (χ1) is 32.6. The second-order valence-corrected chi connectivity index (χ2v) is 16.1. The number of aliphatic hydroxyl groups excluding tert-OH is 2. The minimum atomic E-state index is -2.02. The zero-order valence-electron chi connectivity index (χ0n) is 37.7. The lowest BCUT2D eigenvalue weighted by atomic mass is 10.0. The van der Waals surface area contributed by atoms with E-state index in [4.69, 9.17) is 11.5 Å². The molecule has 0 saturated heterocycles. The molecule has 0 aliphatic carbocycles. The highest BCUT2D eigenvalue weighted by atomic mass is 16.4. The molecule has 18 N–H and O–H groups in total. The van der Waals surface area contributed by atoms with E-state index in [-0.39, 0.29) is 25.1 Å². The number of imidazole rings is 1. The number of unbranched alkanes of at least 4 members (excludes halogenated alkanes) is 1. The molecule has 2 aromatic heterocycles. The van der Waals surface area contributed by atoms with Crippen LogP contribution >= 0.6 is 0 Å². The number of rotatable bonds is 30. The standard InChI is InChI=1S/C42H60N12O15/c1-20(44)35(61)54-34(21(2)56)41(67)49-27(10-11-32(57)58)37(63)51-29(15-33(59)60)39(65)50-28(14-23-17-45-19-47-23)38(64)53-31(18-55)40(66)48-26(9-5-6-12-43)36(62)52-30(42(68)69)13-22-16-46-25-8-4-3-7-24(22)25/h3-4,7-8,16-17,19-21,26-31,34,46,55-56H,5-6,9-15,18,43-44H2,1-2H3,(H,45,47)(H,48,66)(H,49,67)(H,50,65)(H,51,63)(H,52,62)(H,53,64)(H,54,61)(H,57,58)(H,59,60)(H,68,69)/t20-,21+,26-,27-,28-,29-,30-,31-,34-/m0/s1. The lowest BCUT2D eigenvalue weighted by Crippen LogP contribution is -2.61. The molecule has 0 aliphatic heterocycles. The van der Waals surface area contributed by atoms with Gasteiger partial charge in [-0.3, -0.25) is 43.2 Å². The van der Waals surface area contributed by atoms with Crippen LogP contribution in [-0.4, -0.2) is 167 Å². The Morgan fingerprint density at radius 1 is 0.652 bits per heavy atom. The summed E-state index contributed by atoms with van der Waals surface area (Å²) in [5.74, 6) is -12.2. The number of carbonyl (C=O) groups excluding carboxylic acids is 7. The van der Waals surface area contributed by atoms with Crippen molar-refractivity contribution in [2.75, 3.05) is 13.2 Å². The molecule has 378 valence electrons. The summed E-state index contributed by atoms with van der Waals surface area (Å²) >= 11 is 0. The van der Waals surface area contributed by atoms with Crippen molar-refractivity contribution in [1.29, 1.82) is 0 Å². The third-order valence-electron chi connectivity index (χ3n) is 10.5. The first-order valence-corrected chi connectivity index (χ1v) is 21.7. The number of nitrogens with zero attached hydrogens (tertiary/aromatic N) is 1. The van der Waals surface area contributed by atoms with E-state index in [9.17, 15) is 73.5 Å². The van der Waals surface area contributed by atoms with E-state index >= 15 is 0 Å². The molecule has 9 atom stereocenters. The van der Waals surface area contributed by atoms with Crippen LogP contribution < -0.4 is 48.7 Å². The Kier molecular flexibility index (Phi) is 22.1. The molecule has 0 radical (unpaired) electrons. The maximum Gasteiger partial charge on any atom is 0.326 e. The van der Waals surface area contributed by atoms with Crippen LogP contribution in [0.3, 0.4) is 0 Å². The van der Waals surface area contributed by atoms with Gasteiger partial charge in [0.15, 0.2) is 0 Å². The number of aromatic amines is 2. The minimum absolute atomic E-state index is 0.0401. The first-order valence-electron chi connectivity index (χ1n) is 21.7. The molecule has 69 heavy (non-hydrogen) atoms. The van der Waals surface area contributed by atoms with Crippen molar-refractivity contribution < 1.29 is 73.5 Å². The number of nitrogens with two attached hydrogens (primary N) is 2. The normalized spacial score (nSPS) is 15.0. The van der Waals surface area contributed by atoms with Gasteiger partial charge in [-0.2, -0.15) is 0 Å². The SMILES string of the molecule is C[C@H](N)C(=O)N[C@H](C(=O)N[C@@H](CCC(=O)O)C(=O)N[C@@H](CC(=O)O)C(=O)N[C@@H](Cc1cnc[nH]1)C(=O)N[C@@H](CO)C(=O)N[C@@H](CCCCN)C(=O)N[C@@H](Cc1c[nH]c2ccccc12)C(=O)O)[C@@H](C)O. The summed E-state index contributed by atoms with van der Waals surface area (Å²) < 4.78 is 0. The van der Waals surface area contributed by atoms with Crippen LogP contribution in [0.15, 0.2) is 43.0 Å². The van der Waals surface area contributed by atoms with Gasteiger partial charge in [-0.25, -0.2) is 9.78 Å². The van der Waals surface area contributed by atoms with Gasteiger partial charge in [0.25, 0.3) is 0 Å². The molecule has 3 aromatic rings. The molecule has 1 aromatic carbocycles. The number of fused-ring (bicyclic) bond motifs is 1. The van der Waals surface area contributed by atoms with Gasteiger partial charge in [0.2, 0.25) is 41.4 Å². The number of carboxylic acid groups (broad SMARTS) is 3. The number of benzene rings is 1. The quantitative estimate of drug-likeness (QED) is 0.0279. The largest absolute Gasteiger partial charge is 0.481 e. The summed E-state index contributed by atoms with van der Waals surface area (Å²) in [5, 5.41) is 66.2. The number of amides is 7. The van der Waals surface area contributed by atoms with Crippen molar-refractivity contribution in [2.45, 2.75) is 120 Å². The number of hydrogen-bond donors (Lipinski definition) is 16. The van der Waals surface area contributed by atoms with E-state index in [0.717, 1.165) is 17.8 Å². The van der Waals surface area contributed by atoms with Crippen molar-refractivity contribution in [2.24, 2.45) is 11.5 Å². The predicted octanol–water partition coefficient (Wildman–Crippen LogP) is -4.66. The van der Waals surface area contributed by atoms with Gasteiger partial charge >= 0.3 is 17.9 Å². The van der Waals surface area contributed by atoms with E-state index in [1.807, 2.05) is 0 Å². The van der Waals surface area contributed by atoms with Crippen LogP contribution in [0.2, 0.25) is 0 Å². The Hall–Kier alpha value is -7.49. The van der Waals surface area contributed by atoms with Gasteiger partial charge in [-0.05, 0) is 57.7 Å². The fraction of sp³-hybridized carbons (Fsp3) is 0.500. The van der Waals surface area contributed by atoms with Gasteiger partial charge < -0.3 is 84.2 Å². The summed E-state index contributed by atoms with van der Waals surface area (Å²) in [5.41, 5.74) is 12.7. The molecule has 0 bridgehead atoms. The molecule has 0 aliphatic rings. The summed E-state index contributed by atoms with van der Waals surface area (Å²) in [4.78, 5) is 139. The summed E-state index contributed by atoms with van der Waals surface area (Å²) in [6, 6.07) is -5.88. The Labute approximate surface area is 393 Å². The zero-order chi connectivity index (χ0) is 51.4. The Bertz CT molecular complexity index is 2270. The molecule has 0 unspecified atom stereocenters. The van der Waals surface area contributed by atoms with Crippen molar-refractivity contribution in [3.8, 4) is 0 Å². The van der Waals surface area contributed by atoms with Gasteiger partial charge in [-0.15, -0.1) is 0 Å². The highest BCUT2D eigenvalue weighted by Crippen LogP contribution is 2.19. The number of para-hydroxylation sites is 1. The smallest absolute Gasteiger partial charge is 0.326 e. The van der Waals surface area contributed by atoms with Crippen LogP contribution in [0, 0.1) is 0 Å². The van der Waals surface area contributed by atoms with E-state index in [1.165, 1.54) is 19.4 Å². The summed E-state index contributed by atoms with van der Waals surface area (Å²) in [7, 11) is 0. The lowest BCUT2D eigenvalue weighted by Gasteiger charge is -2.27. The van der Waals surface area contributed by atoms with E-state index in [2.05, 4.69) is 52.2 Å². The molecule has 0 spiro atoms. The predicted molar refractivity (Wildman–Crippen MR) is 240 cm³/mol. The maximum atomic E-state index is 13.9. The fourth-order valence-electron chi connectivity index (χ4n) is 6.74. The number of aliphatic carboxylic acids is 3. The maximum absolute atomic E-state index is 13.9. The van der Waals surface area contributed by atoms with Crippen molar-refractivity contribution >= 4 is 70.2 Å². The molecule has 0 saturated carbocycles. The summed E-state index contributed by atoms with van der Waals surface area (Å²) in [6.45, 7) is 1.57. The second kappa shape index (κ2) is 27.4. The van der Waals surface area contributed by atoms with Gasteiger partial charge in [0.1, 0.15) is 42.3 Å². The fourth-order valence-corrected chi connectivity index (χ4v) is 6.74. The molecule has 2 heterocycles. The molecular formula is C42H60N12O15. The topological polar surface area (TPSA) is 453 Å². The van der Waals surface area contributed by atoms with E-state index in [0.29, 0.717) is 18.4 Å². The molecule has 27 nitrogen and oxygen atoms in total. The summed E-state index contributed by atoms with van der Waals surface area (Å²) in [6.07, 6.45) is 0.167. The number of H-pyrrole nitrogens is 2. The second-order valence-electron chi connectivity index (χ2n) is 16.1. The van der Waals surface area contributed by atoms with Crippen molar-refractivity contribution in [1.82, 2.24) is 52.2 Å². The van der Waals surface area contributed by atoms with Gasteiger partial charge in [0.05, 0.1) is 31.5 Å². The monoisotopic (exact) mass is 972 g/mol. The highest BCUT2D eigenvalue weighted by Gasteiger charge is 2.36. The average Bonchev–Trinajstić information content (AvgIpc) is 3.97. The van der Waals surface area contributed by atoms with Crippen LogP contribution in [0.4, 0.5) is 0 Å². The van der Waals surface area contributed by atoms with E-state index in [1.54, 1.807) is 30.5 Å². The number of carboxylic acids is 3.